The van der Waals surface area contributed by atoms with Crippen LogP contribution in [-0.2, 0) is 15.1 Å². The summed E-state index contributed by atoms with van der Waals surface area (Å²) in [6.07, 6.45) is 0. The maximum atomic E-state index is 12.4. The van der Waals surface area contributed by atoms with Gasteiger partial charge < -0.3 is 20.1 Å². The van der Waals surface area contributed by atoms with E-state index in [0.29, 0.717) is 18.8 Å². The highest BCUT2D eigenvalue weighted by Gasteiger charge is 2.48. The molecule has 1 aromatic carbocycles. The smallest absolute Gasteiger partial charge is 0.333 e. The number of amides is 1. The molecule has 0 aliphatic carbocycles. The minimum Gasteiger partial charge on any atom is -0.350 e. The van der Waals surface area contributed by atoms with Gasteiger partial charge in [0, 0.05) is 24.3 Å². The highest BCUT2D eigenvalue weighted by molar-refractivity contribution is 7.16. The van der Waals surface area contributed by atoms with Gasteiger partial charge in [0.05, 0.1) is 16.8 Å². The van der Waals surface area contributed by atoms with Crippen molar-refractivity contribution in [2.24, 2.45) is 0 Å². The lowest BCUT2D eigenvalue weighted by Crippen LogP contribution is -2.56. The highest BCUT2D eigenvalue weighted by Crippen LogP contribution is 2.33. The molecule has 0 radical (unpaired) electrons. The molecule has 8 heteroatoms. The third-order valence-electron chi connectivity index (χ3n) is 4.16. The van der Waals surface area contributed by atoms with E-state index in [1.54, 1.807) is 17.6 Å². The number of carbonyl (C=O) groups excluding carboxylic acids is 1. The van der Waals surface area contributed by atoms with Gasteiger partial charge in [-0.3, -0.25) is 14.2 Å². The summed E-state index contributed by atoms with van der Waals surface area (Å²) in [6, 6.07) is 5.47. The predicted octanol–water partition coefficient (Wildman–Crippen LogP) is 1.44. The lowest BCUT2D eigenvalue weighted by Gasteiger charge is -2.31. The van der Waals surface area contributed by atoms with Crippen LogP contribution in [0.5, 0.6) is 0 Å². The molecule has 136 valence electrons. The van der Waals surface area contributed by atoms with Gasteiger partial charge in [-0.15, -0.1) is 0 Å². The van der Waals surface area contributed by atoms with Crippen molar-refractivity contribution in [3.63, 3.8) is 0 Å². The number of benzene rings is 1. The summed E-state index contributed by atoms with van der Waals surface area (Å²) in [4.78, 5) is 26.1. The van der Waals surface area contributed by atoms with E-state index in [9.17, 15) is 14.7 Å². The number of carbonyl (C=O) groups is 1. The Morgan fingerprint density at radius 1 is 1.44 bits per heavy atom. The Bertz CT molecular complexity index is 867. The summed E-state index contributed by atoms with van der Waals surface area (Å²) in [5, 5.41) is 13.3. The van der Waals surface area contributed by atoms with Crippen molar-refractivity contribution in [1.82, 2.24) is 9.88 Å². The van der Waals surface area contributed by atoms with Gasteiger partial charge in [0.2, 0.25) is 0 Å². The first kappa shape index (κ1) is 17.9. The number of fused-ring (bicyclic) bond motifs is 1. The molecule has 0 saturated carbocycles. The fourth-order valence-electron chi connectivity index (χ4n) is 3.09. The molecule has 0 unspecified atom stereocenters. The number of ether oxygens (including phenoxy) is 1. The summed E-state index contributed by atoms with van der Waals surface area (Å²) in [5.74, 6) is -2.62. The molecule has 25 heavy (non-hydrogen) atoms. The summed E-state index contributed by atoms with van der Waals surface area (Å²) < 4.78 is 7.89. The number of hydrogen-bond donors (Lipinski definition) is 2. The second kappa shape index (κ2) is 6.12. The zero-order valence-corrected chi connectivity index (χ0v) is 15.6. The van der Waals surface area contributed by atoms with Gasteiger partial charge in [-0.1, -0.05) is 11.3 Å². The molecule has 2 heterocycles. The van der Waals surface area contributed by atoms with Crippen molar-refractivity contribution in [2.75, 3.05) is 24.6 Å². The molecule has 2 aromatic rings. The van der Waals surface area contributed by atoms with Crippen molar-refractivity contribution < 1.29 is 14.6 Å². The van der Waals surface area contributed by atoms with Gasteiger partial charge in [-0.05, 0) is 45.9 Å². The number of nitrogens with zero attached hydrogens (tertiary/aromatic N) is 2. The highest BCUT2D eigenvalue weighted by atomic mass is 32.1. The van der Waals surface area contributed by atoms with E-state index in [4.69, 9.17) is 4.74 Å². The van der Waals surface area contributed by atoms with Crippen molar-refractivity contribution in [1.29, 1.82) is 0 Å². The second-order valence-corrected chi connectivity index (χ2v) is 7.99. The van der Waals surface area contributed by atoms with Crippen LogP contribution in [0.3, 0.4) is 0 Å². The molecule has 2 N–H and O–H groups in total. The quantitative estimate of drug-likeness (QED) is 0.860. The monoisotopic (exact) mass is 365 g/mol. The molecule has 1 aliphatic rings. The molecule has 1 atom stereocenters. The fraction of sp³-hybridized carbons (Fsp3) is 0.529. The average molecular weight is 365 g/mol. The average Bonchev–Trinajstić information content (AvgIpc) is 3.06. The van der Waals surface area contributed by atoms with Gasteiger partial charge >= 0.3 is 16.7 Å². The third-order valence-corrected chi connectivity index (χ3v) is 5.07. The topological polar surface area (TPSA) is 83.8 Å². The third kappa shape index (κ3) is 2.94. The van der Waals surface area contributed by atoms with Crippen LogP contribution < -0.4 is 15.1 Å². The Kier molecular flexibility index (Phi) is 4.38. The van der Waals surface area contributed by atoms with E-state index >= 15 is 0 Å². The molecule has 1 aromatic heterocycles. The minimum atomic E-state index is -2.03. The Morgan fingerprint density at radius 2 is 2.16 bits per heavy atom. The summed E-state index contributed by atoms with van der Waals surface area (Å²) in [5.41, 5.74) is 1.16. The second-order valence-electron chi connectivity index (χ2n) is 6.99. The Labute approximate surface area is 149 Å². The molecule has 1 amide bonds. The van der Waals surface area contributed by atoms with Crippen LogP contribution in [0, 0.1) is 0 Å². The van der Waals surface area contributed by atoms with E-state index in [0.717, 1.165) is 21.6 Å². The molecule has 0 bridgehead atoms. The number of aromatic nitrogens is 1. The number of hydrogen-bond acceptors (Lipinski definition) is 6. The summed E-state index contributed by atoms with van der Waals surface area (Å²) in [7, 11) is 0. The van der Waals surface area contributed by atoms with Crippen LogP contribution in [0.2, 0.25) is 0 Å². The molecular weight excluding hydrogens is 342 g/mol. The van der Waals surface area contributed by atoms with Gasteiger partial charge in [-0.25, -0.2) is 0 Å². The maximum Gasteiger partial charge on any atom is 0.333 e. The van der Waals surface area contributed by atoms with Gasteiger partial charge in [0.25, 0.3) is 0 Å². The van der Waals surface area contributed by atoms with E-state index in [1.165, 1.54) is 4.90 Å². The maximum absolute atomic E-state index is 12.4. The van der Waals surface area contributed by atoms with Crippen LogP contribution in [0.4, 0.5) is 5.69 Å². The van der Waals surface area contributed by atoms with E-state index in [2.05, 4.69) is 5.32 Å². The number of rotatable bonds is 3. The molecule has 1 fully saturated rings. The van der Waals surface area contributed by atoms with E-state index in [1.807, 2.05) is 32.9 Å². The fourth-order valence-corrected chi connectivity index (χ4v) is 4.18. The lowest BCUT2D eigenvalue weighted by molar-refractivity contribution is -0.187. The molecular formula is C17H23N3O4S. The first-order valence-electron chi connectivity index (χ1n) is 8.27. The standard InChI is InChI=1S/C17H23N3O4S/c1-5-18-14(21)17(23)19(8-9-24-17)11-6-7-12-13(10-11)25-15(22)20(12)16(2,3)4/h6-7,10,23H,5,8-9H2,1-4H3,(H,18,21)/t17-/m0/s1. The molecule has 7 nitrogen and oxygen atoms in total. The summed E-state index contributed by atoms with van der Waals surface area (Å²) in [6.45, 7) is 8.75. The Morgan fingerprint density at radius 3 is 2.80 bits per heavy atom. The predicted molar refractivity (Wildman–Crippen MR) is 98.0 cm³/mol. The number of aliphatic hydroxyl groups is 1. The van der Waals surface area contributed by atoms with Crippen LogP contribution in [0.25, 0.3) is 10.2 Å². The summed E-state index contributed by atoms with van der Waals surface area (Å²) >= 11 is 1.16. The SMILES string of the molecule is CCNC(=O)[C@]1(O)OCCN1c1ccc2c(c1)sc(=O)n2C(C)(C)C. The van der Waals surface area contributed by atoms with E-state index < -0.39 is 11.8 Å². The molecule has 3 rings (SSSR count). The number of nitrogens with one attached hydrogen (secondary N) is 1. The van der Waals surface area contributed by atoms with Crippen molar-refractivity contribution in [3.8, 4) is 0 Å². The van der Waals surface area contributed by atoms with Crippen molar-refractivity contribution in [2.45, 2.75) is 39.1 Å². The van der Waals surface area contributed by atoms with Gasteiger partial charge in [-0.2, -0.15) is 0 Å². The van der Waals surface area contributed by atoms with Crippen LogP contribution in [0.1, 0.15) is 27.7 Å². The zero-order valence-electron chi connectivity index (χ0n) is 14.8. The van der Waals surface area contributed by atoms with Gasteiger partial charge in [0.1, 0.15) is 0 Å². The zero-order chi connectivity index (χ0) is 18.4. The lowest BCUT2D eigenvalue weighted by atomic mass is 10.1. The first-order chi connectivity index (χ1) is 11.7. The number of thiazole rings is 1. The van der Waals surface area contributed by atoms with E-state index in [-0.39, 0.29) is 17.0 Å². The Balaban J connectivity index is 2.05. The normalized spacial score (nSPS) is 21.1. The largest absolute Gasteiger partial charge is 0.350 e. The minimum absolute atomic E-state index is 0.0312. The van der Waals surface area contributed by atoms with Crippen LogP contribution in [0.15, 0.2) is 23.0 Å². The van der Waals surface area contributed by atoms with Gasteiger partial charge in [0.15, 0.2) is 0 Å². The molecule has 1 saturated heterocycles. The molecule has 0 spiro atoms. The van der Waals surface area contributed by atoms with Crippen molar-refractivity contribution in [3.05, 3.63) is 27.9 Å². The number of likely N-dealkylation sites (N-methyl/N-ethyl adjacent to an activating group) is 1. The van der Waals surface area contributed by atoms with Crippen molar-refractivity contribution >= 4 is 33.1 Å². The number of anilines is 1. The van der Waals surface area contributed by atoms with Crippen LogP contribution >= 0.6 is 11.3 Å². The Hall–Kier alpha value is -1.90. The molecule has 1 aliphatic heterocycles. The first-order valence-corrected chi connectivity index (χ1v) is 9.08. The van der Waals surface area contributed by atoms with Crippen LogP contribution in [-0.4, -0.2) is 41.2 Å².